The van der Waals surface area contributed by atoms with Crippen LogP contribution in [0.1, 0.15) is 30.4 Å². The molecular formula is C17H23N5OS. The van der Waals surface area contributed by atoms with Gasteiger partial charge in [0, 0.05) is 17.8 Å². The zero-order chi connectivity index (χ0) is 16.8. The molecule has 3 rings (SSSR count). The third-order valence-corrected chi connectivity index (χ3v) is 5.50. The molecule has 2 atom stereocenters. The van der Waals surface area contributed by atoms with Crippen molar-refractivity contribution in [3.8, 4) is 0 Å². The molecule has 1 heterocycles. The van der Waals surface area contributed by atoms with Crippen molar-refractivity contribution in [3.63, 3.8) is 0 Å². The molecule has 6 nitrogen and oxygen atoms in total. The number of amides is 2. The van der Waals surface area contributed by atoms with Crippen LogP contribution in [-0.2, 0) is 13.1 Å². The van der Waals surface area contributed by atoms with Gasteiger partial charge >= 0.3 is 6.03 Å². The Hall–Kier alpha value is -2.02. The van der Waals surface area contributed by atoms with Crippen molar-refractivity contribution in [2.45, 2.75) is 43.6 Å². The number of urea groups is 1. The van der Waals surface area contributed by atoms with Crippen molar-refractivity contribution in [1.29, 1.82) is 0 Å². The van der Waals surface area contributed by atoms with Crippen LogP contribution in [0.4, 0.5) is 4.79 Å². The molecule has 0 unspecified atom stereocenters. The molecule has 1 aliphatic carbocycles. The summed E-state index contributed by atoms with van der Waals surface area (Å²) in [7, 11) is 0. The second kappa shape index (κ2) is 8.19. The predicted molar refractivity (Wildman–Crippen MR) is 95.9 cm³/mol. The van der Waals surface area contributed by atoms with Crippen LogP contribution in [0.3, 0.4) is 0 Å². The van der Waals surface area contributed by atoms with Crippen LogP contribution >= 0.6 is 11.8 Å². The Balaban J connectivity index is 1.50. The topological polar surface area (TPSA) is 71.8 Å². The molecule has 1 fully saturated rings. The number of benzene rings is 1. The quantitative estimate of drug-likeness (QED) is 0.843. The summed E-state index contributed by atoms with van der Waals surface area (Å²) < 4.78 is 1.78. The Kier molecular flexibility index (Phi) is 5.74. The maximum absolute atomic E-state index is 12.1. The van der Waals surface area contributed by atoms with Gasteiger partial charge in [0.2, 0.25) is 0 Å². The predicted octanol–water partition coefficient (Wildman–Crippen LogP) is 2.41. The SMILES string of the molecule is CS[C@@H]1CCC[C@H]1NC(=O)NCc1cccc(Cn2cncn2)c1. The van der Waals surface area contributed by atoms with E-state index in [1.165, 1.54) is 19.2 Å². The molecule has 1 aromatic carbocycles. The van der Waals surface area contributed by atoms with Gasteiger partial charge in [0.1, 0.15) is 12.7 Å². The number of thioether (sulfide) groups is 1. The van der Waals surface area contributed by atoms with E-state index >= 15 is 0 Å². The van der Waals surface area contributed by atoms with E-state index in [1.807, 2.05) is 30.0 Å². The first-order chi connectivity index (χ1) is 11.7. The standard InChI is InChI=1S/C17H23N5OS/c1-24-16-7-3-6-15(16)21-17(23)19-9-13-4-2-5-14(8-13)10-22-12-18-11-20-22/h2,4-5,8,11-12,15-16H,3,6-7,9-10H2,1H3,(H2,19,21,23)/t15-,16-/m1/s1. The summed E-state index contributed by atoms with van der Waals surface area (Å²) in [5, 5.41) is 10.7. The average Bonchev–Trinajstić information content (AvgIpc) is 3.25. The minimum absolute atomic E-state index is 0.0809. The number of aromatic nitrogens is 3. The molecule has 0 spiro atoms. The van der Waals surface area contributed by atoms with Gasteiger partial charge in [-0.1, -0.05) is 30.7 Å². The number of carbonyl (C=O) groups excluding carboxylic acids is 1. The Morgan fingerprint density at radius 2 is 2.25 bits per heavy atom. The lowest BCUT2D eigenvalue weighted by molar-refractivity contribution is 0.237. The second-order valence-electron chi connectivity index (χ2n) is 6.05. The normalized spacial score (nSPS) is 20.0. The Morgan fingerprint density at radius 1 is 1.38 bits per heavy atom. The average molecular weight is 345 g/mol. The highest BCUT2D eigenvalue weighted by atomic mass is 32.2. The van der Waals surface area contributed by atoms with E-state index in [0.717, 1.165) is 17.5 Å². The summed E-state index contributed by atoms with van der Waals surface area (Å²) in [6.07, 6.45) is 8.80. The first-order valence-electron chi connectivity index (χ1n) is 8.22. The Bertz CT molecular complexity index is 661. The van der Waals surface area contributed by atoms with Crippen molar-refractivity contribution < 1.29 is 4.79 Å². The van der Waals surface area contributed by atoms with Crippen LogP contribution in [0.5, 0.6) is 0 Å². The van der Waals surface area contributed by atoms with Gasteiger partial charge in [-0.3, -0.25) is 0 Å². The molecule has 2 N–H and O–H groups in total. The Labute approximate surface area is 146 Å². The van der Waals surface area contributed by atoms with Gasteiger partial charge < -0.3 is 10.6 Å². The molecule has 0 aliphatic heterocycles. The summed E-state index contributed by atoms with van der Waals surface area (Å²) in [6, 6.07) is 8.36. The minimum Gasteiger partial charge on any atom is -0.334 e. The molecule has 0 saturated heterocycles. The van der Waals surface area contributed by atoms with Gasteiger partial charge in [-0.2, -0.15) is 16.9 Å². The molecule has 1 saturated carbocycles. The summed E-state index contributed by atoms with van der Waals surface area (Å²) in [5.74, 6) is 0. The van der Waals surface area contributed by atoms with Crippen molar-refractivity contribution >= 4 is 17.8 Å². The highest BCUT2D eigenvalue weighted by molar-refractivity contribution is 7.99. The molecule has 1 aliphatic rings. The monoisotopic (exact) mass is 345 g/mol. The van der Waals surface area contributed by atoms with Gasteiger partial charge in [0.25, 0.3) is 0 Å². The first-order valence-corrected chi connectivity index (χ1v) is 9.51. The van der Waals surface area contributed by atoms with Crippen LogP contribution in [0.2, 0.25) is 0 Å². The van der Waals surface area contributed by atoms with Crippen molar-refractivity contribution in [3.05, 3.63) is 48.0 Å². The fourth-order valence-electron chi connectivity index (χ4n) is 3.11. The molecule has 0 radical (unpaired) electrons. The van der Waals surface area contributed by atoms with E-state index < -0.39 is 0 Å². The summed E-state index contributed by atoms with van der Waals surface area (Å²) in [6.45, 7) is 1.20. The molecule has 2 amide bonds. The number of carbonyl (C=O) groups is 1. The zero-order valence-electron chi connectivity index (χ0n) is 13.8. The summed E-state index contributed by atoms with van der Waals surface area (Å²) >= 11 is 1.84. The number of nitrogens with one attached hydrogen (secondary N) is 2. The fourth-order valence-corrected chi connectivity index (χ4v) is 4.05. The van der Waals surface area contributed by atoms with Gasteiger partial charge in [-0.25, -0.2) is 14.5 Å². The van der Waals surface area contributed by atoms with E-state index in [1.54, 1.807) is 11.0 Å². The van der Waals surface area contributed by atoms with Crippen LogP contribution in [-0.4, -0.2) is 38.3 Å². The molecule has 128 valence electrons. The third-order valence-electron chi connectivity index (χ3n) is 4.33. The molecular weight excluding hydrogens is 322 g/mol. The smallest absolute Gasteiger partial charge is 0.315 e. The third kappa shape index (κ3) is 4.50. The molecule has 24 heavy (non-hydrogen) atoms. The largest absolute Gasteiger partial charge is 0.334 e. The maximum atomic E-state index is 12.1. The van der Waals surface area contributed by atoms with Crippen LogP contribution in [0, 0.1) is 0 Å². The number of nitrogens with zero attached hydrogens (tertiary/aromatic N) is 3. The highest BCUT2D eigenvalue weighted by Crippen LogP contribution is 2.28. The molecule has 7 heteroatoms. The van der Waals surface area contributed by atoms with E-state index in [-0.39, 0.29) is 6.03 Å². The lowest BCUT2D eigenvalue weighted by Gasteiger charge is -2.19. The number of hydrogen-bond acceptors (Lipinski definition) is 4. The van der Waals surface area contributed by atoms with E-state index in [4.69, 9.17) is 0 Å². The summed E-state index contributed by atoms with van der Waals surface area (Å²) in [4.78, 5) is 16.1. The highest BCUT2D eigenvalue weighted by Gasteiger charge is 2.27. The van der Waals surface area contributed by atoms with Crippen LogP contribution < -0.4 is 10.6 Å². The van der Waals surface area contributed by atoms with Crippen molar-refractivity contribution in [2.75, 3.05) is 6.26 Å². The fraction of sp³-hybridized carbons (Fsp3) is 0.471. The van der Waals surface area contributed by atoms with Gasteiger partial charge in [-0.15, -0.1) is 0 Å². The lowest BCUT2D eigenvalue weighted by atomic mass is 10.1. The molecule has 2 aromatic rings. The minimum atomic E-state index is -0.0809. The molecule has 0 bridgehead atoms. The zero-order valence-corrected chi connectivity index (χ0v) is 14.6. The van der Waals surface area contributed by atoms with Crippen LogP contribution in [0.25, 0.3) is 0 Å². The first kappa shape index (κ1) is 16.8. The van der Waals surface area contributed by atoms with E-state index in [9.17, 15) is 4.79 Å². The van der Waals surface area contributed by atoms with Gasteiger partial charge in [0.05, 0.1) is 6.54 Å². The van der Waals surface area contributed by atoms with Crippen molar-refractivity contribution in [2.24, 2.45) is 0 Å². The van der Waals surface area contributed by atoms with Gasteiger partial charge in [0.15, 0.2) is 0 Å². The van der Waals surface area contributed by atoms with Gasteiger partial charge in [-0.05, 0) is 30.2 Å². The van der Waals surface area contributed by atoms with E-state index in [0.29, 0.717) is 24.4 Å². The van der Waals surface area contributed by atoms with Crippen LogP contribution in [0.15, 0.2) is 36.9 Å². The molecule has 1 aromatic heterocycles. The second-order valence-corrected chi connectivity index (χ2v) is 7.13. The van der Waals surface area contributed by atoms with E-state index in [2.05, 4.69) is 33.0 Å². The maximum Gasteiger partial charge on any atom is 0.315 e. The lowest BCUT2D eigenvalue weighted by Crippen LogP contribution is -2.44. The number of rotatable bonds is 6. The number of hydrogen-bond donors (Lipinski definition) is 2. The Morgan fingerprint density at radius 3 is 3.04 bits per heavy atom. The summed E-state index contributed by atoms with van der Waals surface area (Å²) in [5.41, 5.74) is 2.22. The van der Waals surface area contributed by atoms with Crippen molar-refractivity contribution in [1.82, 2.24) is 25.4 Å².